The van der Waals surface area contributed by atoms with Crippen molar-refractivity contribution in [2.45, 2.75) is 12.0 Å². The Labute approximate surface area is 133 Å². The fraction of sp³-hybridized carbons (Fsp3) is 0.105. The molecule has 0 amide bonds. The second-order valence-corrected chi connectivity index (χ2v) is 5.40. The van der Waals surface area contributed by atoms with Crippen molar-refractivity contribution in [1.82, 2.24) is 0 Å². The summed E-state index contributed by atoms with van der Waals surface area (Å²) in [5, 5.41) is 9.07. The number of Topliss-reactive ketones (excluding diaryl/α,β-unsaturated/α-hetero) is 1. The first-order valence-electron chi connectivity index (χ1n) is 7.26. The molecule has 1 N–H and O–H groups in total. The number of benzene rings is 2. The third-order valence-electron chi connectivity index (χ3n) is 3.83. The van der Waals surface area contributed by atoms with Gasteiger partial charge in [0.05, 0.1) is 6.42 Å². The van der Waals surface area contributed by atoms with Crippen LogP contribution in [0.25, 0.3) is 11.1 Å². The normalized spacial score (nSPS) is 19.0. The van der Waals surface area contributed by atoms with Crippen LogP contribution in [-0.2, 0) is 4.79 Å². The van der Waals surface area contributed by atoms with E-state index in [1.807, 2.05) is 42.5 Å². The number of hydrogen-bond donors (Lipinski definition) is 1. The van der Waals surface area contributed by atoms with Gasteiger partial charge in [0, 0.05) is 11.8 Å². The van der Waals surface area contributed by atoms with Crippen LogP contribution in [0.15, 0.2) is 71.7 Å². The minimum Gasteiger partial charge on any atom is -0.481 e. The molecule has 2 aromatic carbocycles. The molecular formula is C19H15NO3. The summed E-state index contributed by atoms with van der Waals surface area (Å²) < 4.78 is 0. The highest BCUT2D eigenvalue weighted by Gasteiger charge is 2.39. The number of carbonyl (C=O) groups excluding carboxylic acids is 1. The summed E-state index contributed by atoms with van der Waals surface area (Å²) in [6, 6.07) is 17.0. The molecule has 0 saturated carbocycles. The van der Waals surface area contributed by atoms with Gasteiger partial charge in [-0.2, -0.15) is 0 Å². The molecule has 4 nitrogen and oxygen atoms in total. The van der Waals surface area contributed by atoms with E-state index in [1.165, 1.54) is 6.21 Å². The zero-order valence-corrected chi connectivity index (χ0v) is 12.3. The van der Waals surface area contributed by atoms with Crippen molar-refractivity contribution in [3.8, 4) is 11.1 Å². The number of carbonyl (C=O) groups is 2. The molecule has 1 aliphatic heterocycles. The van der Waals surface area contributed by atoms with Gasteiger partial charge in [-0.3, -0.25) is 14.6 Å². The van der Waals surface area contributed by atoms with Crippen molar-refractivity contribution in [1.29, 1.82) is 0 Å². The Kier molecular flexibility index (Phi) is 3.89. The van der Waals surface area contributed by atoms with E-state index in [4.69, 9.17) is 5.11 Å². The van der Waals surface area contributed by atoms with Gasteiger partial charge in [-0.1, -0.05) is 54.6 Å². The van der Waals surface area contributed by atoms with Gasteiger partial charge in [-0.25, -0.2) is 0 Å². The predicted octanol–water partition coefficient (Wildman–Crippen LogP) is 3.39. The predicted molar refractivity (Wildman–Crippen MR) is 88.8 cm³/mol. The molecule has 2 aromatic rings. The van der Waals surface area contributed by atoms with Crippen LogP contribution in [0.2, 0.25) is 0 Å². The van der Waals surface area contributed by atoms with Gasteiger partial charge in [0.1, 0.15) is 0 Å². The molecule has 23 heavy (non-hydrogen) atoms. The smallest absolute Gasteiger partial charge is 0.306 e. The molecule has 114 valence electrons. The molecule has 4 heteroatoms. The Bertz CT molecular complexity index is 777. The lowest BCUT2D eigenvalue weighted by Gasteiger charge is -2.20. The van der Waals surface area contributed by atoms with E-state index >= 15 is 0 Å². The summed E-state index contributed by atoms with van der Waals surface area (Å²) >= 11 is 0. The zero-order chi connectivity index (χ0) is 16.3. The summed E-state index contributed by atoms with van der Waals surface area (Å²) in [5.41, 5.74) is 1.19. The van der Waals surface area contributed by atoms with Crippen LogP contribution in [0.1, 0.15) is 16.8 Å². The van der Waals surface area contributed by atoms with E-state index in [9.17, 15) is 9.59 Å². The monoisotopic (exact) mass is 305 g/mol. The summed E-state index contributed by atoms with van der Waals surface area (Å²) in [6.07, 6.45) is 4.28. The highest BCUT2D eigenvalue weighted by molar-refractivity contribution is 6.09. The highest BCUT2D eigenvalue weighted by Crippen LogP contribution is 2.28. The van der Waals surface area contributed by atoms with Crippen LogP contribution in [-0.4, -0.2) is 28.6 Å². The lowest BCUT2D eigenvalue weighted by molar-refractivity contribution is -0.137. The van der Waals surface area contributed by atoms with Gasteiger partial charge >= 0.3 is 5.97 Å². The molecule has 1 atom stereocenters. The fourth-order valence-corrected chi connectivity index (χ4v) is 2.67. The average Bonchev–Trinajstić information content (AvgIpc) is 3.04. The Morgan fingerprint density at radius 2 is 1.61 bits per heavy atom. The van der Waals surface area contributed by atoms with Crippen molar-refractivity contribution in [2.24, 2.45) is 4.99 Å². The lowest BCUT2D eigenvalue weighted by Crippen LogP contribution is -2.36. The molecule has 3 rings (SSSR count). The van der Waals surface area contributed by atoms with E-state index in [2.05, 4.69) is 4.99 Å². The molecule has 0 radical (unpaired) electrons. The molecule has 0 saturated heterocycles. The molecular weight excluding hydrogens is 290 g/mol. The van der Waals surface area contributed by atoms with E-state index in [-0.39, 0.29) is 12.2 Å². The third-order valence-corrected chi connectivity index (χ3v) is 3.83. The van der Waals surface area contributed by atoms with Crippen LogP contribution < -0.4 is 0 Å². The van der Waals surface area contributed by atoms with Gasteiger partial charge in [0.15, 0.2) is 11.3 Å². The van der Waals surface area contributed by atoms with Gasteiger partial charge in [0.2, 0.25) is 0 Å². The number of ketones is 1. The van der Waals surface area contributed by atoms with Crippen LogP contribution in [0.3, 0.4) is 0 Å². The van der Waals surface area contributed by atoms with E-state index in [0.717, 1.165) is 11.1 Å². The summed E-state index contributed by atoms with van der Waals surface area (Å²) in [7, 11) is 0. The zero-order valence-electron chi connectivity index (χ0n) is 12.3. The van der Waals surface area contributed by atoms with Crippen LogP contribution in [0.4, 0.5) is 0 Å². The fourth-order valence-electron chi connectivity index (χ4n) is 2.67. The quantitative estimate of drug-likeness (QED) is 0.861. The van der Waals surface area contributed by atoms with Crippen LogP contribution >= 0.6 is 0 Å². The maximum atomic E-state index is 12.7. The Morgan fingerprint density at radius 1 is 0.957 bits per heavy atom. The number of carboxylic acid groups (broad SMARTS) is 1. The first-order chi connectivity index (χ1) is 11.1. The first kappa shape index (κ1) is 14.9. The van der Waals surface area contributed by atoms with Crippen LogP contribution in [0.5, 0.6) is 0 Å². The number of aliphatic carboxylic acids is 1. The first-order valence-corrected chi connectivity index (χ1v) is 7.26. The summed E-state index contributed by atoms with van der Waals surface area (Å²) in [5.74, 6) is -1.35. The molecule has 0 spiro atoms. The lowest BCUT2D eigenvalue weighted by atomic mass is 9.86. The van der Waals surface area contributed by atoms with Gasteiger partial charge in [-0.15, -0.1) is 0 Å². The Morgan fingerprint density at radius 3 is 2.17 bits per heavy atom. The van der Waals surface area contributed by atoms with Crippen molar-refractivity contribution < 1.29 is 14.7 Å². The maximum Gasteiger partial charge on any atom is 0.306 e. The topological polar surface area (TPSA) is 66.7 Å². The minimum absolute atomic E-state index is 0.301. The number of rotatable bonds is 5. The SMILES string of the molecule is O=C(O)CC1(C(=O)c2ccc(-c3ccccc3)cc2)C=CC=N1. The second kappa shape index (κ2) is 6.01. The number of allylic oxidation sites excluding steroid dienone is 1. The third kappa shape index (κ3) is 2.97. The maximum absolute atomic E-state index is 12.7. The van der Waals surface area contributed by atoms with Crippen LogP contribution in [0, 0.1) is 0 Å². The van der Waals surface area contributed by atoms with Gasteiger partial charge < -0.3 is 5.11 Å². The molecule has 0 aromatic heterocycles. The summed E-state index contributed by atoms with van der Waals surface area (Å²) in [6.45, 7) is 0. The van der Waals surface area contributed by atoms with Gasteiger partial charge in [-0.05, 0) is 23.3 Å². The molecule has 0 fully saturated rings. The molecule has 1 unspecified atom stereocenters. The largest absolute Gasteiger partial charge is 0.481 e. The molecule has 1 heterocycles. The molecule has 0 bridgehead atoms. The van der Waals surface area contributed by atoms with Crippen molar-refractivity contribution in [3.63, 3.8) is 0 Å². The minimum atomic E-state index is -1.32. The summed E-state index contributed by atoms with van der Waals surface area (Å²) in [4.78, 5) is 27.9. The average molecular weight is 305 g/mol. The number of carboxylic acids is 1. The van der Waals surface area contributed by atoms with E-state index in [0.29, 0.717) is 5.56 Å². The standard InChI is InChI=1S/C19H15NO3/c21-17(22)13-19(11-4-12-20-19)18(23)16-9-7-15(8-10-16)14-5-2-1-3-6-14/h1-12H,13H2,(H,21,22). The number of aliphatic imine (C=N–C) groups is 1. The second-order valence-electron chi connectivity index (χ2n) is 5.40. The van der Waals surface area contributed by atoms with E-state index < -0.39 is 11.5 Å². The van der Waals surface area contributed by atoms with Gasteiger partial charge in [0.25, 0.3) is 0 Å². The Hall–Kier alpha value is -3.01. The highest BCUT2D eigenvalue weighted by atomic mass is 16.4. The van der Waals surface area contributed by atoms with Crippen molar-refractivity contribution >= 4 is 18.0 Å². The molecule has 0 aliphatic carbocycles. The number of nitrogens with zero attached hydrogens (tertiary/aromatic N) is 1. The molecule has 1 aliphatic rings. The van der Waals surface area contributed by atoms with Crippen molar-refractivity contribution in [2.75, 3.05) is 0 Å². The number of hydrogen-bond acceptors (Lipinski definition) is 3. The van der Waals surface area contributed by atoms with Crippen molar-refractivity contribution in [3.05, 3.63) is 72.3 Å². The van der Waals surface area contributed by atoms with E-state index in [1.54, 1.807) is 24.3 Å². The Balaban J connectivity index is 1.90.